The van der Waals surface area contributed by atoms with Crippen LogP contribution in [0.5, 0.6) is 0 Å². The van der Waals surface area contributed by atoms with Crippen LogP contribution < -0.4 is 5.43 Å². The monoisotopic (exact) mass is 344 g/mol. The Kier molecular flexibility index (Phi) is 5.44. The summed E-state index contributed by atoms with van der Waals surface area (Å²) in [6, 6.07) is 28.0. The zero-order chi connectivity index (χ0) is 17.5. The number of nitrogens with zero attached hydrogens (tertiary/aromatic N) is 1. The highest BCUT2D eigenvalue weighted by molar-refractivity contribution is 7.80. The number of nitrogens with one attached hydrogen (secondary N) is 1. The van der Waals surface area contributed by atoms with Gasteiger partial charge in [0.2, 0.25) is 5.78 Å². The summed E-state index contributed by atoms with van der Waals surface area (Å²) < 4.78 is 0. The van der Waals surface area contributed by atoms with Crippen LogP contribution in [0.25, 0.3) is 0 Å². The van der Waals surface area contributed by atoms with E-state index in [9.17, 15) is 4.79 Å². The average Bonchev–Trinajstić information content (AvgIpc) is 2.70. The first-order chi connectivity index (χ1) is 12.3. The van der Waals surface area contributed by atoms with Crippen molar-refractivity contribution in [2.45, 2.75) is 0 Å². The van der Waals surface area contributed by atoms with Crippen LogP contribution in [0.4, 0.5) is 0 Å². The number of thiocarbonyl (C=S) groups is 1. The van der Waals surface area contributed by atoms with Crippen molar-refractivity contribution in [3.8, 4) is 0 Å². The van der Waals surface area contributed by atoms with E-state index < -0.39 is 0 Å². The van der Waals surface area contributed by atoms with E-state index in [1.165, 1.54) is 0 Å². The molecule has 0 spiro atoms. The molecule has 0 unspecified atom stereocenters. The number of ketones is 1. The summed E-state index contributed by atoms with van der Waals surface area (Å²) in [6.07, 6.45) is 0. The minimum absolute atomic E-state index is 0.157. The summed E-state index contributed by atoms with van der Waals surface area (Å²) in [5.74, 6) is -0.157. The molecule has 3 aromatic carbocycles. The second kappa shape index (κ2) is 8.13. The Morgan fingerprint density at radius 1 is 0.680 bits per heavy atom. The number of carbonyl (C=O) groups excluding carboxylic acids is 1. The molecule has 0 aliphatic heterocycles. The smallest absolute Gasteiger partial charge is 0.213 e. The van der Waals surface area contributed by atoms with E-state index in [1.807, 2.05) is 78.9 Å². The maximum atomic E-state index is 12.9. The van der Waals surface area contributed by atoms with Gasteiger partial charge in [0.1, 0.15) is 10.7 Å². The Labute approximate surface area is 152 Å². The Hall–Kier alpha value is -3.11. The van der Waals surface area contributed by atoms with Crippen LogP contribution in [0.2, 0.25) is 0 Å². The lowest BCUT2D eigenvalue weighted by atomic mass is 10.0. The van der Waals surface area contributed by atoms with Crippen LogP contribution in [0, 0.1) is 0 Å². The number of hydrogen-bond acceptors (Lipinski definition) is 3. The van der Waals surface area contributed by atoms with Gasteiger partial charge in [0.05, 0.1) is 0 Å². The van der Waals surface area contributed by atoms with E-state index in [1.54, 1.807) is 12.1 Å². The van der Waals surface area contributed by atoms with Crippen LogP contribution in [0.1, 0.15) is 21.5 Å². The van der Waals surface area contributed by atoms with Crippen molar-refractivity contribution in [1.82, 2.24) is 5.43 Å². The number of rotatable bonds is 5. The second-order valence-electron chi connectivity index (χ2n) is 5.33. The molecule has 0 bridgehead atoms. The van der Waals surface area contributed by atoms with Gasteiger partial charge >= 0.3 is 0 Å². The van der Waals surface area contributed by atoms with E-state index in [-0.39, 0.29) is 5.78 Å². The third kappa shape index (κ3) is 4.25. The second-order valence-corrected chi connectivity index (χ2v) is 5.74. The largest absolute Gasteiger partial charge is 0.287 e. The van der Waals surface area contributed by atoms with Gasteiger partial charge in [-0.05, 0) is 0 Å². The molecular weight excluding hydrogens is 328 g/mol. The van der Waals surface area contributed by atoms with Crippen molar-refractivity contribution in [2.75, 3.05) is 0 Å². The van der Waals surface area contributed by atoms with E-state index in [4.69, 9.17) is 12.2 Å². The zero-order valence-electron chi connectivity index (χ0n) is 13.4. The van der Waals surface area contributed by atoms with Crippen LogP contribution in [0.3, 0.4) is 0 Å². The SMILES string of the molecule is O=C(/C(=N/NC(=S)c1ccccc1)c1ccccc1)c1ccccc1. The molecule has 0 aliphatic carbocycles. The maximum absolute atomic E-state index is 12.9. The topological polar surface area (TPSA) is 41.5 Å². The van der Waals surface area contributed by atoms with E-state index in [0.717, 1.165) is 11.1 Å². The van der Waals surface area contributed by atoms with Crippen LogP contribution in [0.15, 0.2) is 96.1 Å². The third-order valence-corrected chi connectivity index (χ3v) is 3.93. The van der Waals surface area contributed by atoms with Gasteiger partial charge in [-0.1, -0.05) is 103 Å². The van der Waals surface area contributed by atoms with Crippen LogP contribution >= 0.6 is 12.2 Å². The molecule has 1 N–H and O–H groups in total. The van der Waals surface area contributed by atoms with Crippen molar-refractivity contribution in [1.29, 1.82) is 0 Å². The Morgan fingerprint density at radius 3 is 1.64 bits per heavy atom. The minimum atomic E-state index is -0.157. The molecule has 3 aromatic rings. The normalized spacial score (nSPS) is 11.0. The molecule has 4 heteroatoms. The molecule has 122 valence electrons. The van der Waals surface area contributed by atoms with Gasteiger partial charge in [0.25, 0.3) is 0 Å². The highest BCUT2D eigenvalue weighted by Crippen LogP contribution is 2.09. The summed E-state index contributed by atoms with van der Waals surface area (Å²) in [5.41, 5.74) is 5.34. The van der Waals surface area contributed by atoms with Crippen molar-refractivity contribution < 1.29 is 4.79 Å². The number of carbonyl (C=O) groups is 1. The molecule has 0 atom stereocenters. The predicted octanol–water partition coefficient (Wildman–Crippen LogP) is 4.24. The number of hydrazone groups is 1. The van der Waals surface area contributed by atoms with Crippen molar-refractivity contribution in [3.05, 3.63) is 108 Å². The molecule has 0 aliphatic rings. The molecule has 0 amide bonds. The molecule has 25 heavy (non-hydrogen) atoms. The lowest BCUT2D eigenvalue weighted by Gasteiger charge is -2.08. The van der Waals surface area contributed by atoms with Crippen molar-refractivity contribution in [2.24, 2.45) is 5.10 Å². The first-order valence-corrected chi connectivity index (χ1v) is 8.25. The fourth-order valence-corrected chi connectivity index (χ4v) is 2.51. The fraction of sp³-hybridized carbons (Fsp3) is 0. The predicted molar refractivity (Wildman–Crippen MR) is 105 cm³/mol. The fourth-order valence-electron chi connectivity index (χ4n) is 2.33. The number of Topliss-reactive ketones (excluding diaryl/α,β-unsaturated/α-hetero) is 1. The first kappa shape index (κ1) is 16.7. The highest BCUT2D eigenvalue weighted by atomic mass is 32.1. The Balaban J connectivity index is 1.92. The Bertz CT molecular complexity index is 891. The van der Waals surface area contributed by atoms with E-state index in [0.29, 0.717) is 16.3 Å². The lowest BCUT2D eigenvalue weighted by Crippen LogP contribution is -2.23. The summed E-state index contributed by atoms with van der Waals surface area (Å²) >= 11 is 5.36. The summed E-state index contributed by atoms with van der Waals surface area (Å²) in [5, 5.41) is 4.32. The molecule has 0 saturated heterocycles. The van der Waals surface area contributed by atoms with E-state index >= 15 is 0 Å². The number of benzene rings is 3. The molecule has 3 rings (SSSR count). The molecule has 0 fully saturated rings. The van der Waals surface area contributed by atoms with E-state index in [2.05, 4.69) is 10.5 Å². The Morgan fingerprint density at radius 2 is 1.12 bits per heavy atom. The molecule has 0 radical (unpaired) electrons. The van der Waals surface area contributed by atoms with Gasteiger partial charge in [-0.3, -0.25) is 10.2 Å². The lowest BCUT2D eigenvalue weighted by molar-refractivity contribution is 0.106. The first-order valence-electron chi connectivity index (χ1n) is 7.84. The molecule has 0 aromatic heterocycles. The third-order valence-electron chi connectivity index (χ3n) is 3.60. The standard InChI is InChI=1S/C21H16N2OS/c24-20(17-12-6-2-7-13-17)19(16-10-4-1-5-11-16)22-23-21(25)18-14-8-3-9-15-18/h1-15H,(H,23,25)/b22-19+. The number of hydrogen-bond donors (Lipinski definition) is 1. The average molecular weight is 344 g/mol. The quantitative estimate of drug-likeness (QED) is 0.326. The summed E-state index contributed by atoms with van der Waals surface area (Å²) in [7, 11) is 0. The molecule has 0 saturated carbocycles. The van der Waals surface area contributed by atoms with Gasteiger partial charge in [-0.25, -0.2) is 0 Å². The van der Waals surface area contributed by atoms with Gasteiger partial charge in [-0.2, -0.15) is 5.10 Å². The highest BCUT2D eigenvalue weighted by Gasteiger charge is 2.16. The van der Waals surface area contributed by atoms with Gasteiger partial charge in [-0.15, -0.1) is 0 Å². The molecule has 3 nitrogen and oxygen atoms in total. The summed E-state index contributed by atoms with van der Waals surface area (Å²) in [6.45, 7) is 0. The minimum Gasteiger partial charge on any atom is -0.287 e. The summed E-state index contributed by atoms with van der Waals surface area (Å²) in [4.78, 5) is 13.3. The molecular formula is C21H16N2OS. The van der Waals surface area contributed by atoms with Crippen molar-refractivity contribution >= 4 is 28.7 Å². The maximum Gasteiger partial charge on any atom is 0.213 e. The zero-order valence-corrected chi connectivity index (χ0v) is 14.2. The van der Waals surface area contributed by atoms with Gasteiger partial charge < -0.3 is 0 Å². The van der Waals surface area contributed by atoms with Crippen LogP contribution in [-0.4, -0.2) is 16.5 Å². The van der Waals surface area contributed by atoms with Crippen LogP contribution in [-0.2, 0) is 0 Å². The van der Waals surface area contributed by atoms with Crippen molar-refractivity contribution in [3.63, 3.8) is 0 Å². The van der Waals surface area contributed by atoms with Gasteiger partial charge in [0, 0.05) is 16.7 Å². The molecule has 0 heterocycles. The van der Waals surface area contributed by atoms with Gasteiger partial charge in [0.15, 0.2) is 0 Å².